The Morgan fingerprint density at radius 1 is 0.960 bits per heavy atom. The van der Waals surface area contributed by atoms with Crippen molar-refractivity contribution in [3.05, 3.63) is 17.7 Å². The van der Waals surface area contributed by atoms with E-state index in [9.17, 15) is 5.11 Å². The van der Waals surface area contributed by atoms with Gasteiger partial charge in [-0.15, -0.1) is 16.4 Å². The molecule has 0 bridgehead atoms. The topological polar surface area (TPSA) is 72.3 Å². The second-order valence-electron chi connectivity index (χ2n) is 6.43. The molecule has 0 unspecified atom stereocenters. The quantitative estimate of drug-likeness (QED) is 0.398. The Bertz CT molecular complexity index is 979. The summed E-state index contributed by atoms with van der Waals surface area (Å²) in [6.07, 6.45) is 0. The molecule has 0 saturated carbocycles. The lowest BCUT2D eigenvalue weighted by atomic mass is 9.60. The number of hydrogen-bond donors (Lipinski definition) is 2. The van der Waals surface area contributed by atoms with Crippen LogP contribution in [0.4, 0.5) is 5.69 Å². The number of aromatic nitrogens is 1. The van der Waals surface area contributed by atoms with Gasteiger partial charge in [0.2, 0.25) is 5.89 Å². The van der Waals surface area contributed by atoms with Crippen LogP contribution in [0.25, 0.3) is 22.6 Å². The van der Waals surface area contributed by atoms with Gasteiger partial charge < -0.3 is 15.3 Å². The Morgan fingerprint density at radius 3 is 2.00 bits per heavy atom. The van der Waals surface area contributed by atoms with Crippen LogP contribution >= 0.6 is 0 Å². The highest BCUT2D eigenvalue weighted by Crippen LogP contribution is 2.31. The molecule has 0 atom stereocenters. The summed E-state index contributed by atoms with van der Waals surface area (Å²) in [5.41, 5.74) is 7.52. The number of aliphatic hydroxyl groups is 1. The van der Waals surface area contributed by atoms with E-state index < -0.39 is 5.60 Å². The van der Waals surface area contributed by atoms with Gasteiger partial charge in [0.1, 0.15) is 44.7 Å². The van der Waals surface area contributed by atoms with Crippen molar-refractivity contribution in [1.29, 1.82) is 0 Å². The number of hydrogen-bond acceptors (Lipinski definition) is 4. The molecule has 0 aliphatic carbocycles. The summed E-state index contributed by atoms with van der Waals surface area (Å²) in [5.74, 6) is 0.135. The highest BCUT2D eigenvalue weighted by Gasteiger charge is 2.22. The van der Waals surface area contributed by atoms with Gasteiger partial charge in [0.05, 0.1) is 5.60 Å². The fraction of sp³-hybridized carbons (Fsp3) is 0.188. The zero-order valence-corrected chi connectivity index (χ0v) is 13.9. The van der Waals surface area contributed by atoms with Crippen LogP contribution in [0.5, 0.6) is 0 Å². The number of nitrogens with zero attached hydrogens (tertiary/aromatic N) is 1. The Labute approximate surface area is 152 Å². The second-order valence-corrected chi connectivity index (χ2v) is 6.43. The van der Waals surface area contributed by atoms with Crippen LogP contribution in [-0.2, 0) is 5.60 Å². The molecule has 0 spiro atoms. The molecule has 10 radical (unpaired) electrons. The minimum absolute atomic E-state index is 0.112. The number of nitrogens with two attached hydrogens (primary N) is 1. The second kappa shape index (κ2) is 5.77. The van der Waals surface area contributed by atoms with Crippen molar-refractivity contribution in [2.24, 2.45) is 0 Å². The maximum Gasteiger partial charge on any atom is 0.226 e. The van der Waals surface area contributed by atoms with E-state index in [1.54, 1.807) is 26.0 Å². The van der Waals surface area contributed by atoms with Crippen LogP contribution < -0.4 is 33.0 Å². The van der Waals surface area contributed by atoms with E-state index in [0.717, 1.165) is 0 Å². The van der Waals surface area contributed by atoms with Crippen LogP contribution in [0.1, 0.15) is 19.4 Å². The van der Waals surface area contributed by atoms with E-state index in [2.05, 4.69) is 4.98 Å². The minimum atomic E-state index is -1.14. The molecule has 0 amide bonds. The van der Waals surface area contributed by atoms with Gasteiger partial charge in [0.25, 0.3) is 0 Å². The summed E-state index contributed by atoms with van der Waals surface area (Å²) in [6.45, 7) is 3.25. The first kappa shape index (κ1) is 17.8. The van der Waals surface area contributed by atoms with Crippen LogP contribution in [0, 0.1) is 0 Å². The molecule has 2 aromatic carbocycles. The van der Waals surface area contributed by atoms with Crippen LogP contribution in [-0.4, -0.2) is 49.3 Å². The van der Waals surface area contributed by atoms with Crippen LogP contribution in [0.3, 0.4) is 0 Å². The number of fused-ring (bicyclic) bond motifs is 1. The molecule has 0 aliphatic rings. The van der Waals surface area contributed by atoms with Gasteiger partial charge in [-0.05, 0) is 26.0 Å². The lowest BCUT2D eigenvalue weighted by Gasteiger charge is -2.19. The summed E-state index contributed by atoms with van der Waals surface area (Å²) in [6, 6.07) is 3.23. The zero-order chi connectivity index (χ0) is 18.7. The molecule has 0 aliphatic heterocycles. The van der Waals surface area contributed by atoms with E-state index in [1.807, 2.05) is 0 Å². The average Bonchev–Trinajstić information content (AvgIpc) is 2.91. The first-order valence-corrected chi connectivity index (χ1v) is 7.47. The molecule has 3 N–H and O–H groups in total. The van der Waals surface area contributed by atoms with E-state index in [0.29, 0.717) is 22.4 Å². The van der Waals surface area contributed by atoms with Gasteiger partial charge >= 0.3 is 0 Å². The molecule has 4 nitrogen and oxygen atoms in total. The maximum atomic E-state index is 10.2. The fourth-order valence-electron chi connectivity index (χ4n) is 2.71. The molecule has 1 heterocycles. The highest BCUT2D eigenvalue weighted by atomic mass is 16.3. The smallest absolute Gasteiger partial charge is 0.226 e. The third kappa shape index (κ3) is 2.80. The van der Waals surface area contributed by atoms with Gasteiger partial charge in [0.15, 0.2) is 5.58 Å². The van der Waals surface area contributed by atoms with Crippen molar-refractivity contribution in [3.63, 3.8) is 0 Å². The fourth-order valence-corrected chi connectivity index (χ4v) is 2.71. The van der Waals surface area contributed by atoms with Gasteiger partial charge in [-0.25, -0.2) is 4.98 Å². The standard InChI is InChI=1S/C16H11B5N2O2/c1-16(2,24)5-3-8-7(4-6(5)22)23-15(25-8)9-10(17)12(19)14(21)13(20)11(9)18/h3-4,24H,22H2,1-2H3. The average molecular weight is 317 g/mol. The Morgan fingerprint density at radius 2 is 1.48 bits per heavy atom. The Balaban J connectivity index is 2.29. The number of nitrogen functional groups attached to an aromatic ring is 1. The molecule has 0 saturated heterocycles. The molecular formula is C16H11B5N2O2. The van der Waals surface area contributed by atoms with Crippen LogP contribution in [0.2, 0.25) is 0 Å². The van der Waals surface area contributed by atoms with E-state index in [4.69, 9.17) is 49.4 Å². The summed E-state index contributed by atoms with van der Waals surface area (Å²) in [5, 5.41) is 10.2. The van der Waals surface area contributed by atoms with Gasteiger partial charge in [0, 0.05) is 16.8 Å². The summed E-state index contributed by atoms with van der Waals surface area (Å²) >= 11 is 0. The van der Waals surface area contributed by atoms with E-state index in [1.165, 1.54) is 0 Å². The summed E-state index contributed by atoms with van der Waals surface area (Å²) in [7, 11) is 29.6. The lowest BCUT2D eigenvalue weighted by Crippen LogP contribution is -2.55. The molecule has 0 fully saturated rings. The van der Waals surface area contributed by atoms with Crippen molar-refractivity contribution >= 4 is 83.3 Å². The highest BCUT2D eigenvalue weighted by molar-refractivity contribution is 6.68. The monoisotopic (exact) mass is 318 g/mol. The molecule has 112 valence electrons. The maximum absolute atomic E-state index is 10.2. The normalized spacial score (nSPS) is 12.0. The summed E-state index contributed by atoms with van der Waals surface area (Å²) in [4.78, 5) is 4.36. The molecule has 3 rings (SSSR count). The lowest BCUT2D eigenvalue weighted by molar-refractivity contribution is 0.0794. The predicted molar refractivity (Wildman–Crippen MR) is 106 cm³/mol. The third-order valence-electron chi connectivity index (χ3n) is 4.13. The molecule has 25 heavy (non-hydrogen) atoms. The number of oxazole rings is 1. The summed E-state index contributed by atoms with van der Waals surface area (Å²) < 4.78 is 5.77. The first-order valence-electron chi connectivity index (χ1n) is 7.47. The van der Waals surface area contributed by atoms with Crippen molar-refractivity contribution in [2.75, 3.05) is 5.73 Å². The van der Waals surface area contributed by atoms with Crippen LogP contribution in [0.15, 0.2) is 16.5 Å². The molecular weight excluding hydrogens is 306 g/mol. The van der Waals surface area contributed by atoms with Gasteiger partial charge in [-0.2, -0.15) is 0 Å². The van der Waals surface area contributed by atoms with E-state index >= 15 is 0 Å². The molecule has 3 aromatic rings. The minimum Gasteiger partial charge on any atom is -0.436 e. The zero-order valence-electron chi connectivity index (χ0n) is 13.9. The SMILES string of the molecule is [B]c1c([B])c([B])c(-c2nc3cc(N)c(C(C)(C)O)cc3o2)c([B])c1[B]. The van der Waals surface area contributed by atoms with Crippen molar-refractivity contribution in [1.82, 2.24) is 4.98 Å². The van der Waals surface area contributed by atoms with Crippen molar-refractivity contribution < 1.29 is 9.52 Å². The number of rotatable bonds is 2. The molecule has 9 heteroatoms. The Hall–Kier alpha value is -2.01. The Kier molecular flexibility index (Phi) is 4.11. The van der Waals surface area contributed by atoms with Gasteiger partial charge in [-0.3, -0.25) is 0 Å². The van der Waals surface area contributed by atoms with Crippen molar-refractivity contribution in [3.8, 4) is 11.5 Å². The largest absolute Gasteiger partial charge is 0.436 e. The third-order valence-corrected chi connectivity index (χ3v) is 4.13. The predicted octanol–water partition coefficient (Wildman–Crippen LogP) is -2.73. The number of benzene rings is 2. The molecule has 1 aromatic heterocycles. The van der Waals surface area contributed by atoms with Gasteiger partial charge in [-0.1, -0.05) is 10.9 Å². The van der Waals surface area contributed by atoms with Crippen molar-refractivity contribution in [2.45, 2.75) is 19.4 Å². The van der Waals surface area contributed by atoms with E-state index in [-0.39, 0.29) is 38.8 Å². The number of anilines is 1. The first-order chi connectivity index (χ1) is 11.5.